The smallest absolute Gasteiger partial charge is 0.134 e. The third kappa shape index (κ3) is 4.99. The SMILES string of the molecule is CCCNCC(COC)Oc1ccc2cc(Br)ccc2c1. The molecule has 1 unspecified atom stereocenters. The van der Waals surface area contributed by atoms with Crippen molar-refractivity contribution in [3.8, 4) is 5.75 Å². The third-order valence-corrected chi connectivity index (χ3v) is 3.72. The Morgan fingerprint density at radius 1 is 1.14 bits per heavy atom. The highest BCUT2D eigenvalue weighted by molar-refractivity contribution is 9.10. The Hall–Kier alpha value is -1.10. The van der Waals surface area contributed by atoms with Gasteiger partial charge in [-0.05, 0) is 48.0 Å². The van der Waals surface area contributed by atoms with Crippen molar-refractivity contribution in [3.63, 3.8) is 0 Å². The maximum Gasteiger partial charge on any atom is 0.134 e. The summed E-state index contributed by atoms with van der Waals surface area (Å²) in [5, 5.41) is 5.75. The summed E-state index contributed by atoms with van der Waals surface area (Å²) in [5.74, 6) is 0.880. The average molecular weight is 352 g/mol. The van der Waals surface area contributed by atoms with E-state index < -0.39 is 0 Å². The molecule has 2 rings (SSSR count). The van der Waals surface area contributed by atoms with Gasteiger partial charge in [-0.1, -0.05) is 35.0 Å². The Kier molecular flexibility index (Phi) is 6.49. The lowest BCUT2D eigenvalue weighted by molar-refractivity contribution is 0.0808. The summed E-state index contributed by atoms with van der Waals surface area (Å²) in [5.41, 5.74) is 0. The van der Waals surface area contributed by atoms with E-state index in [0.29, 0.717) is 6.61 Å². The monoisotopic (exact) mass is 351 g/mol. The molecule has 1 atom stereocenters. The van der Waals surface area contributed by atoms with Gasteiger partial charge in [0.25, 0.3) is 0 Å². The quantitative estimate of drug-likeness (QED) is 0.729. The molecule has 0 aliphatic carbocycles. The molecule has 0 bridgehead atoms. The fourth-order valence-corrected chi connectivity index (χ4v) is 2.60. The summed E-state index contributed by atoms with van der Waals surface area (Å²) in [6, 6.07) is 12.4. The molecule has 0 fully saturated rings. The fourth-order valence-electron chi connectivity index (χ4n) is 2.22. The van der Waals surface area contributed by atoms with Gasteiger partial charge in [-0.2, -0.15) is 0 Å². The minimum atomic E-state index is 0.0226. The highest BCUT2D eigenvalue weighted by atomic mass is 79.9. The van der Waals surface area contributed by atoms with Crippen LogP contribution < -0.4 is 10.1 Å². The molecule has 2 aromatic carbocycles. The van der Waals surface area contributed by atoms with E-state index in [0.717, 1.165) is 29.7 Å². The van der Waals surface area contributed by atoms with Crippen molar-refractivity contribution in [2.45, 2.75) is 19.4 Å². The molecule has 0 saturated carbocycles. The second-order valence-corrected chi connectivity index (χ2v) is 5.97. The van der Waals surface area contributed by atoms with Crippen LogP contribution >= 0.6 is 15.9 Å². The number of hydrogen-bond acceptors (Lipinski definition) is 3. The van der Waals surface area contributed by atoms with Crippen LogP contribution in [0.1, 0.15) is 13.3 Å². The highest BCUT2D eigenvalue weighted by Gasteiger charge is 2.10. The van der Waals surface area contributed by atoms with Gasteiger partial charge in [-0.15, -0.1) is 0 Å². The lowest BCUT2D eigenvalue weighted by Gasteiger charge is -2.19. The van der Waals surface area contributed by atoms with Crippen LogP contribution in [-0.4, -0.2) is 32.9 Å². The summed E-state index contributed by atoms with van der Waals surface area (Å²) in [7, 11) is 1.70. The molecule has 0 heterocycles. The molecule has 21 heavy (non-hydrogen) atoms. The van der Waals surface area contributed by atoms with Gasteiger partial charge in [-0.3, -0.25) is 0 Å². The first-order valence-corrected chi connectivity index (χ1v) is 8.08. The number of halogens is 1. The van der Waals surface area contributed by atoms with Crippen molar-refractivity contribution in [1.29, 1.82) is 0 Å². The van der Waals surface area contributed by atoms with E-state index in [9.17, 15) is 0 Å². The van der Waals surface area contributed by atoms with Gasteiger partial charge in [0.15, 0.2) is 0 Å². The Balaban J connectivity index is 2.06. The van der Waals surface area contributed by atoms with Crippen molar-refractivity contribution in [1.82, 2.24) is 5.32 Å². The largest absolute Gasteiger partial charge is 0.487 e. The summed E-state index contributed by atoms with van der Waals surface area (Å²) >= 11 is 3.49. The maximum absolute atomic E-state index is 6.04. The van der Waals surface area contributed by atoms with Gasteiger partial charge in [-0.25, -0.2) is 0 Å². The van der Waals surface area contributed by atoms with Gasteiger partial charge in [0.2, 0.25) is 0 Å². The van der Waals surface area contributed by atoms with Gasteiger partial charge < -0.3 is 14.8 Å². The average Bonchev–Trinajstić information content (AvgIpc) is 2.48. The summed E-state index contributed by atoms with van der Waals surface area (Å²) in [6.45, 7) is 4.52. The number of rotatable bonds is 8. The van der Waals surface area contributed by atoms with E-state index in [1.807, 2.05) is 12.1 Å². The molecule has 114 valence electrons. The van der Waals surface area contributed by atoms with Crippen LogP contribution in [-0.2, 0) is 4.74 Å². The fraction of sp³-hybridized carbons (Fsp3) is 0.412. The molecular formula is C17H22BrNO2. The zero-order chi connectivity index (χ0) is 15.1. The predicted octanol–water partition coefficient (Wildman–Crippen LogP) is 4.00. The predicted molar refractivity (Wildman–Crippen MR) is 91.1 cm³/mol. The van der Waals surface area contributed by atoms with Crippen molar-refractivity contribution in [2.75, 3.05) is 26.8 Å². The molecule has 1 N–H and O–H groups in total. The highest BCUT2D eigenvalue weighted by Crippen LogP contribution is 2.24. The Bertz CT molecular complexity index is 574. The Morgan fingerprint density at radius 3 is 2.67 bits per heavy atom. The van der Waals surface area contributed by atoms with Gasteiger partial charge in [0.05, 0.1) is 6.61 Å². The summed E-state index contributed by atoms with van der Waals surface area (Å²) in [4.78, 5) is 0. The van der Waals surface area contributed by atoms with E-state index in [1.165, 1.54) is 10.8 Å². The third-order valence-electron chi connectivity index (χ3n) is 3.23. The van der Waals surface area contributed by atoms with E-state index in [-0.39, 0.29) is 6.10 Å². The van der Waals surface area contributed by atoms with Crippen molar-refractivity contribution < 1.29 is 9.47 Å². The lowest BCUT2D eigenvalue weighted by Crippen LogP contribution is -2.35. The first-order valence-electron chi connectivity index (χ1n) is 7.28. The zero-order valence-electron chi connectivity index (χ0n) is 12.6. The normalized spacial score (nSPS) is 12.5. The van der Waals surface area contributed by atoms with Gasteiger partial charge >= 0.3 is 0 Å². The van der Waals surface area contributed by atoms with E-state index >= 15 is 0 Å². The second-order valence-electron chi connectivity index (χ2n) is 5.05. The van der Waals surface area contributed by atoms with Crippen LogP contribution in [0.25, 0.3) is 10.8 Å². The molecular weight excluding hydrogens is 330 g/mol. The minimum absolute atomic E-state index is 0.0226. The molecule has 0 aromatic heterocycles. The molecule has 3 nitrogen and oxygen atoms in total. The van der Waals surface area contributed by atoms with Crippen molar-refractivity contribution >= 4 is 26.7 Å². The van der Waals surface area contributed by atoms with E-state index in [1.54, 1.807) is 7.11 Å². The molecule has 0 saturated heterocycles. The molecule has 0 aliphatic heterocycles. The Labute approximate surface area is 134 Å². The maximum atomic E-state index is 6.04. The molecule has 4 heteroatoms. The molecule has 0 amide bonds. The zero-order valence-corrected chi connectivity index (χ0v) is 14.2. The topological polar surface area (TPSA) is 30.5 Å². The first-order chi connectivity index (χ1) is 10.2. The van der Waals surface area contributed by atoms with Gasteiger partial charge in [0.1, 0.15) is 11.9 Å². The van der Waals surface area contributed by atoms with E-state index in [2.05, 4.69) is 52.4 Å². The second kappa shape index (κ2) is 8.37. The molecule has 2 aromatic rings. The number of nitrogens with one attached hydrogen (secondary N) is 1. The van der Waals surface area contributed by atoms with Crippen molar-refractivity contribution in [3.05, 3.63) is 40.9 Å². The number of methoxy groups -OCH3 is 1. The first kappa shape index (κ1) is 16.3. The molecule has 0 spiro atoms. The van der Waals surface area contributed by atoms with Crippen LogP contribution in [0.2, 0.25) is 0 Å². The minimum Gasteiger partial charge on any atom is -0.487 e. The summed E-state index contributed by atoms with van der Waals surface area (Å²) in [6.07, 6.45) is 1.14. The molecule has 0 radical (unpaired) electrons. The number of fused-ring (bicyclic) bond motifs is 1. The lowest BCUT2D eigenvalue weighted by atomic mass is 10.1. The van der Waals surface area contributed by atoms with Crippen LogP contribution in [0.3, 0.4) is 0 Å². The standard InChI is InChI=1S/C17H22BrNO2/c1-3-8-19-11-17(12-20-2)21-16-7-5-13-9-15(18)6-4-14(13)10-16/h4-7,9-10,17,19H,3,8,11-12H2,1-2H3. The van der Waals surface area contributed by atoms with Crippen LogP contribution in [0.15, 0.2) is 40.9 Å². The number of hydrogen-bond donors (Lipinski definition) is 1. The van der Waals surface area contributed by atoms with Crippen molar-refractivity contribution in [2.24, 2.45) is 0 Å². The Morgan fingerprint density at radius 2 is 1.90 bits per heavy atom. The van der Waals surface area contributed by atoms with Crippen LogP contribution in [0, 0.1) is 0 Å². The number of ether oxygens (including phenoxy) is 2. The summed E-state index contributed by atoms with van der Waals surface area (Å²) < 4.78 is 12.4. The van der Waals surface area contributed by atoms with E-state index in [4.69, 9.17) is 9.47 Å². The van der Waals surface area contributed by atoms with Crippen LogP contribution in [0.4, 0.5) is 0 Å². The van der Waals surface area contributed by atoms with Gasteiger partial charge in [0, 0.05) is 18.1 Å². The number of benzene rings is 2. The molecule has 0 aliphatic rings. The van der Waals surface area contributed by atoms with Crippen LogP contribution in [0.5, 0.6) is 5.75 Å².